The van der Waals surface area contributed by atoms with E-state index in [-0.39, 0.29) is 18.5 Å². The van der Waals surface area contributed by atoms with Gasteiger partial charge in [-0.3, -0.25) is 9.59 Å². The maximum Gasteiger partial charge on any atom is 0.306 e. The number of nitrogens with one attached hydrogen (secondary N) is 1. The molecule has 1 N–H and O–H groups in total. The zero-order valence-corrected chi connectivity index (χ0v) is 16.1. The van der Waals surface area contributed by atoms with Gasteiger partial charge in [-0.2, -0.15) is 0 Å². The number of halogens is 1. The van der Waals surface area contributed by atoms with Crippen molar-refractivity contribution in [3.63, 3.8) is 0 Å². The zero-order valence-electron chi connectivity index (χ0n) is 13.7. The lowest BCUT2D eigenvalue weighted by Crippen LogP contribution is -2.21. The van der Waals surface area contributed by atoms with Gasteiger partial charge in [0.05, 0.1) is 0 Å². The van der Waals surface area contributed by atoms with Gasteiger partial charge in [-0.15, -0.1) is 0 Å². The van der Waals surface area contributed by atoms with E-state index >= 15 is 0 Å². The Balaban J connectivity index is 1.60. The number of unbranched alkanes of at least 4 members (excludes halogenated alkanes) is 1. The fraction of sp³-hybridized carbons (Fsp3) is 0.529. The van der Waals surface area contributed by atoms with Crippen LogP contribution in [-0.2, 0) is 14.3 Å². The first-order valence-corrected chi connectivity index (χ1v) is 10.8. The molecule has 1 fully saturated rings. The fourth-order valence-corrected chi connectivity index (χ4v) is 5.54. The van der Waals surface area contributed by atoms with Crippen LogP contribution >= 0.6 is 33.2 Å². The highest BCUT2D eigenvalue weighted by Gasteiger charge is 2.16. The molecule has 0 aromatic heterocycles. The lowest BCUT2D eigenvalue weighted by atomic mass is 10.1. The van der Waals surface area contributed by atoms with Gasteiger partial charge in [-0.1, -0.05) is 45.7 Å². The van der Waals surface area contributed by atoms with E-state index in [0.29, 0.717) is 17.1 Å². The van der Waals surface area contributed by atoms with E-state index < -0.39 is 0 Å². The number of carbonyl (C=O) groups excluding carboxylic acids is 2. The van der Waals surface area contributed by atoms with Gasteiger partial charge in [0.1, 0.15) is 0 Å². The molecule has 1 aromatic rings. The fourth-order valence-electron chi connectivity index (χ4n) is 2.34. The van der Waals surface area contributed by atoms with Gasteiger partial charge >= 0.3 is 5.97 Å². The van der Waals surface area contributed by atoms with Crippen LogP contribution in [0.5, 0.6) is 0 Å². The third-order valence-electron chi connectivity index (χ3n) is 3.72. The quantitative estimate of drug-likeness (QED) is 0.392. The monoisotopic (exact) mass is 387 g/mol. The van der Waals surface area contributed by atoms with Gasteiger partial charge in [0.2, 0.25) is 0 Å². The van der Waals surface area contributed by atoms with Crippen molar-refractivity contribution in [1.82, 2.24) is 0 Å². The van der Waals surface area contributed by atoms with Gasteiger partial charge in [0.15, 0.2) is 6.61 Å². The molecule has 1 atom stereocenters. The summed E-state index contributed by atoms with van der Waals surface area (Å²) in [6, 6.07) is 5.26. The summed E-state index contributed by atoms with van der Waals surface area (Å²) in [5.74, 6) is 0.563. The molecule has 1 saturated heterocycles. The zero-order chi connectivity index (χ0) is 17.4. The summed E-state index contributed by atoms with van der Waals surface area (Å²) in [5, 5.41) is 3.99. The van der Waals surface area contributed by atoms with Crippen molar-refractivity contribution in [2.24, 2.45) is 0 Å². The Bertz CT molecular complexity index is 577. The van der Waals surface area contributed by atoms with Crippen molar-refractivity contribution in [2.75, 3.05) is 17.7 Å². The molecule has 1 amide bonds. The third kappa shape index (κ3) is 6.95. The van der Waals surface area contributed by atoms with Crippen LogP contribution in [0.1, 0.15) is 37.7 Å². The second-order valence-corrected chi connectivity index (χ2v) is 8.97. The number of amides is 1. The molecule has 132 valence electrons. The summed E-state index contributed by atoms with van der Waals surface area (Å²) in [5.41, 5.74) is 1.54. The largest absolute Gasteiger partial charge is 0.456 e. The number of anilines is 1. The molecule has 0 unspecified atom stereocenters. The summed E-state index contributed by atoms with van der Waals surface area (Å²) >= 11 is 5.91. The molecule has 0 radical (unpaired) electrons. The molecule has 0 spiro atoms. The highest BCUT2D eigenvalue weighted by Crippen LogP contribution is 2.39. The normalized spacial score (nSPS) is 16.8. The lowest BCUT2D eigenvalue weighted by molar-refractivity contribution is -0.147. The van der Waals surface area contributed by atoms with Gasteiger partial charge in [0.25, 0.3) is 5.91 Å². The number of ether oxygens (including phenoxy) is 1. The van der Waals surface area contributed by atoms with E-state index in [1.807, 2.05) is 34.6 Å². The SMILES string of the molecule is Cc1ccc(Cl)cc1NC(=O)COC(=O)CCCC[C@H]1CCSS1. The van der Waals surface area contributed by atoms with Crippen molar-refractivity contribution in [3.8, 4) is 0 Å². The Morgan fingerprint density at radius 1 is 1.38 bits per heavy atom. The van der Waals surface area contributed by atoms with Crippen LogP contribution in [-0.4, -0.2) is 29.5 Å². The topological polar surface area (TPSA) is 55.4 Å². The number of aryl methyl sites for hydroxylation is 1. The molecular weight excluding hydrogens is 366 g/mol. The second kappa shape index (κ2) is 10.2. The predicted molar refractivity (Wildman–Crippen MR) is 103 cm³/mol. The van der Waals surface area contributed by atoms with Crippen molar-refractivity contribution < 1.29 is 14.3 Å². The maximum atomic E-state index is 11.8. The minimum atomic E-state index is -0.354. The lowest BCUT2D eigenvalue weighted by Gasteiger charge is -2.10. The van der Waals surface area contributed by atoms with Crippen LogP contribution in [0.15, 0.2) is 18.2 Å². The minimum absolute atomic E-state index is 0.264. The van der Waals surface area contributed by atoms with Gasteiger partial charge in [0, 0.05) is 28.1 Å². The summed E-state index contributed by atoms with van der Waals surface area (Å²) < 4.78 is 5.02. The average molecular weight is 388 g/mol. The number of carbonyl (C=O) groups is 2. The van der Waals surface area contributed by atoms with Crippen LogP contribution in [0.2, 0.25) is 5.02 Å². The molecule has 24 heavy (non-hydrogen) atoms. The van der Waals surface area contributed by atoms with Gasteiger partial charge in [-0.25, -0.2) is 0 Å². The number of hydrogen-bond donors (Lipinski definition) is 1. The summed E-state index contributed by atoms with van der Waals surface area (Å²) in [6.07, 6.45) is 4.63. The predicted octanol–water partition coefficient (Wildman–Crippen LogP) is 4.84. The highest BCUT2D eigenvalue weighted by molar-refractivity contribution is 8.77. The summed E-state index contributed by atoms with van der Waals surface area (Å²) in [7, 11) is 3.89. The van der Waals surface area contributed by atoms with Crippen molar-refractivity contribution in [3.05, 3.63) is 28.8 Å². The van der Waals surface area contributed by atoms with Crippen LogP contribution in [0, 0.1) is 6.92 Å². The van der Waals surface area contributed by atoms with Gasteiger partial charge in [-0.05, 0) is 43.9 Å². The molecule has 0 aliphatic carbocycles. The molecule has 1 aliphatic heterocycles. The van der Waals surface area contributed by atoms with E-state index in [4.69, 9.17) is 16.3 Å². The highest BCUT2D eigenvalue weighted by atomic mass is 35.5. The standard InChI is InChI=1S/C17H22ClNO3S2/c1-12-6-7-13(18)10-15(12)19-16(20)11-22-17(21)5-3-2-4-14-8-9-23-24-14/h6-7,10,14H,2-5,8-9,11H2,1H3,(H,19,20)/t14-/m0/s1. The third-order valence-corrected chi connectivity index (χ3v) is 6.96. The molecule has 1 aliphatic rings. The van der Waals surface area contributed by atoms with E-state index in [1.54, 1.807) is 12.1 Å². The van der Waals surface area contributed by atoms with E-state index in [0.717, 1.165) is 30.1 Å². The number of esters is 1. The maximum absolute atomic E-state index is 11.8. The second-order valence-electron chi connectivity index (χ2n) is 5.74. The summed E-state index contributed by atoms with van der Waals surface area (Å²) in [4.78, 5) is 23.5. The first-order valence-electron chi connectivity index (χ1n) is 8.04. The Morgan fingerprint density at radius 2 is 2.21 bits per heavy atom. The minimum Gasteiger partial charge on any atom is -0.456 e. The molecule has 1 aromatic carbocycles. The van der Waals surface area contributed by atoms with Crippen molar-refractivity contribution in [1.29, 1.82) is 0 Å². The van der Waals surface area contributed by atoms with Crippen LogP contribution in [0.3, 0.4) is 0 Å². The molecular formula is C17H22ClNO3S2. The molecule has 7 heteroatoms. The summed E-state index contributed by atoms with van der Waals surface area (Å²) in [6.45, 7) is 1.61. The average Bonchev–Trinajstić information content (AvgIpc) is 3.06. The molecule has 2 rings (SSSR count). The molecule has 1 heterocycles. The number of hydrogen-bond acceptors (Lipinski definition) is 5. The Morgan fingerprint density at radius 3 is 2.96 bits per heavy atom. The number of benzene rings is 1. The first kappa shape index (κ1) is 19.5. The first-order chi connectivity index (χ1) is 11.5. The molecule has 0 saturated carbocycles. The number of rotatable bonds is 8. The Kier molecular flexibility index (Phi) is 8.29. The van der Waals surface area contributed by atoms with E-state index in [9.17, 15) is 9.59 Å². The van der Waals surface area contributed by atoms with Crippen LogP contribution < -0.4 is 5.32 Å². The van der Waals surface area contributed by atoms with E-state index in [1.165, 1.54) is 12.2 Å². The molecule has 0 bridgehead atoms. The van der Waals surface area contributed by atoms with Crippen LogP contribution in [0.25, 0.3) is 0 Å². The van der Waals surface area contributed by atoms with E-state index in [2.05, 4.69) is 5.32 Å². The Labute approximate surface area is 155 Å². The van der Waals surface area contributed by atoms with Gasteiger partial charge < -0.3 is 10.1 Å². The Hall–Kier alpha value is -0.850. The smallest absolute Gasteiger partial charge is 0.306 e. The molecule has 4 nitrogen and oxygen atoms in total. The van der Waals surface area contributed by atoms with Crippen LogP contribution in [0.4, 0.5) is 5.69 Å². The van der Waals surface area contributed by atoms with Crippen molar-refractivity contribution in [2.45, 2.75) is 44.3 Å². The van der Waals surface area contributed by atoms with Crippen molar-refractivity contribution >= 4 is 50.8 Å².